The van der Waals surface area contributed by atoms with Crippen LogP contribution in [0, 0.1) is 0 Å². The van der Waals surface area contributed by atoms with Crippen molar-refractivity contribution in [2.75, 3.05) is 31.4 Å². The molecular weight excluding hydrogens is 356 g/mol. The molecule has 0 fully saturated rings. The Hall–Kier alpha value is -2.60. The minimum Gasteiger partial charge on any atom is -0.497 e. The van der Waals surface area contributed by atoms with Crippen LogP contribution < -0.4 is 25.3 Å². The van der Waals surface area contributed by atoms with Crippen LogP contribution in [0.1, 0.15) is 19.8 Å². The Kier molecular flexibility index (Phi) is 9.15. The number of benzene rings is 2. The number of halogens is 1. The molecule has 2 aromatic carbocycles. The van der Waals surface area contributed by atoms with Crippen molar-refractivity contribution in [2.24, 2.45) is 0 Å². The maximum absolute atomic E-state index is 12.1. The van der Waals surface area contributed by atoms with Gasteiger partial charge in [0, 0.05) is 12.5 Å². The summed E-state index contributed by atoms with van der Waals surface area (Å²) in [6.07, 6.45) is 0.906. The molecule has 0 heterocycles. The third-order valence-corrected chi connectivity index (χ3v) is 3.49. The maximum Gasteiger partial charge on any atom is 0.224 e. The smallest absolute Gasteiger partial charge is 0.224 e. The molecule has 0 spiro atoms. The number of nitrogen functional groups attached to an aromatic ring is 1. The Balaban J connectivity index is 0.00000338. The van der Waals surface area contributed by atoms with Crippen molar-refractivity contribution >= 4 is 29.7 Å². The Morgan fingerprint density at radius 2 is 1.81 bits per heavy atom. The molecule has 0 aliphatic carbocycles. The first kappa shape index (κ1) is 21.4. The van der Waals surface area contributed by atoms with Gasteiger partial charge in [-0.15, -0.1) is 12.4 Å². The van der Waals surface area contributed by atoms with Crippen molar-refractivity contribution in [3.05, 3.63) is 42.5 Å². The number of nitrogens with one attached hydrogen (secondary N) is 1. The highest BCUT2D eigenvalue weighted by molar-refractivity contribution is 5.94. The average molecular weight is 381 g/mol. The molecule has 142 valence electrons. The van der Waals surface area contributed by atoms with E-state index < -0.39 is 0 Å². The van der Waals surface area contributed by atoms with E-state index in [0.717, 1.165) is 0 Å². The van der Waals surface area contributed by atoms with Gasteiger partial charge in [0.05, 0.1) is 31.7 Å². The molecule has 6 nitrogen and oxygen atoms in total. The van der Waals surface area contributed by atoms with Crippen LogP contribution in [0.25, 0.3) is 0 Å². The molecule has 0 aliphatic rings. The maximum atomic E-state index is 12.1. The summed E-state index contributed by atoms with van der Waals surface area (Å²) >= 11 is 0. The van der Waals surface area contributed by atoms with E-state index in [4.69, 9.17) is 19.9 Å². The predicted octanol–water partition coefficient (Wildman–Crippen LogP) is 3.90. The van der Waals surface area contributed by atoms with Crippen LogP contribution in [0.2, 0.25) is 0 Å². The Morgan fingerprint density at radius 3 is 2.46 bits per heavy atom. The molecule has 0 unspecified atom stereocenters. The van der Waals surface area contributed by atoms with Gasteiger partial charge in [0.2, 0.25) is 5.91 Å². The second kappa shape index (κ2) is 11.1. The summed E-state index contributed by atoms with van der Waals surface area (Å²) in [6, 6.07) is 12.6. The quantitative estimate of drug-likeness (QED) is 0.509. The third kappa shape index (κ3) is 6.37. The zero-order valence-corrected chi connectivity index (χ0v) is 15.8. The topological polar surface area (TPSA) is 82.8 Å². The Morgan fingerprint density at radius 1 is 1.12 bits per heavy atom. The fourth-order valence-electron chi connectivity index (χ4n) is 2.24. The number of hydrogen-bond donors (Lipinski definition) is 2. The monoisotopic (exact) mass is 380 g/mol. The number of para-hydroxylation sites is 2. The SMILES string of the molecule is CCOc1ccccc1OCCCC(=O)Nc1cc(OC)ccc1N.Cl. The number of nitrogens with two attached hydrogens (primary N) is 1. The van der Waals surface area contributed by atoms with E-state index in [2.05, 4.69) is 5.32 Å². The molecule has 2 rings (SSSR count). The molecule has 0 saturated carbocycles. The molecule has 0 aliphatic heterocycles. The van der Waals surface area contributed by atoms with Gasteiger partial charge in [0.1, 0.15) is 5.75 Å². The predicted molar refractivity (Wildman–Crippen MR) is 106 cm³/mol. The van der Waals surface area contributed by atoms with Crippen molar-refractivity contribution in [3.8, 4) is 17.2 Å². The third-order valence-electron chi connectivity index (χ3n) is 3.49. The Bertz CT molecular complexity index is 710. The van der Waals surface area contributed by atoms with Crippen molar-refractivity contribution in [1.82, 2.24) is 0 Å². The van der Waals surface area contributed by atoms with Crippen molar-refractivity contribution in [3.63, 3.8) is 0 Å². The molecule has 2 aromatic rings. The fourth-order valence-corrected chi connectivity index (χ4v) is 2.24. The second-order valence-electron chi connectivity index (χ2n) is 5.33. The number of carbonyl (C=O) groups is 1. The molecule has 3 N–H and O–H groups in total. The van der Waals surface area contributed by atoms with Crippen LogP contribution >= 0.6 is 12.4 Å². The van der Waals surface area contributed by atoms with Gasteiger partial charge >= 0.3 is 0 Å². The number of methoxy groups -OCH3 is 1. The largest absolute Gasteiger partial charge is 0.497 e. The van der Waals surface area contributed by atoms with E-state index in [1.807, 2.05) is 31.2 Å². The summed E-state index contributed by atoms with van der Waals surface area (Å²) in [7, 11) is 1.56. The average Bonchev–Trinajstić information content (AvgIpc) is 2.62. The van der Waals surface area contributed by atoms with Gasteiger partial charge in [-0.3, -0.25) is 4.79 Å². The highest BCUT2D eigenvalue weighted by atomic mass is 35.5. The first-order chi connectivity index (χ1) is 12.1. The number of anilines is 2. The summed E-state index contributed by atoms with van der Waals surface area (Å²) in [4.78, 5) is 12.1. The van der Waals surface area contributed by atoms with Crippen LogP contribution in [-0.4, -0.2) is 26.2 Å². The highest BCUT2D eigenvalue weighted by Gasteiger charge is 2.08. The summed E-state index contributed by atoms with van der Waals surface area (Å²) in [5.41, 5.74) is 6.90. The molecule has 0 saturated heterocycles. The highest BCUT2D eigenvalue weighted by Crippen LogP contribution is 2.27. The number of carbonyl (C=O) groups excluding carboxylic acids is 1. The fraction of sp³-hybridized carbons (Fsp3) is 0.316. The standard InChI is InChI=1S/C19H24N2O4.ClH/c1-3-24-17-7-4-5-8-18(17)25-12-6-9-19(22)21-16-13-14(23-2)10-11-15(16)20;/h4-5,7-8,10-11,13H,3,6,9,12,20H2,1-2H3,(H,21,22);1H. The molecular formula is C19H25ClN2O4. The summed E-state index contributed by atoms with van der Waals surface area (Å²) < 4.78 is 16.3. The van der Waals surface area contributed by atoms with Gasteiger partial charge in [0.15, 0.2) is 11.5 Å². The lowest BCUT2D eigenvalue weighted by atomic mass is 10.2. The van der Waals surface area contributed by atoms with E-state index in [1.54, 1.807) is 25.3 Å². The number of ether oxygens (including phenoxy) is 3. The van der Waals surface area contributed by atoms with Crippen molar-refractivity contribution in [2.45, 2.75) is 19.8 Å². The summed E-state index contributed by atoms with van der Waals surface area (Å²) in [5, 5.41) is 2.79. The van der Waals surface area contributed by atoms with E-state index in [0.29, 0.717) is 54.7 Å². The van der Waals surface area contributed by atoms with E-state index in [-0.39, 0.29) is 18.3 Å². The lowest BCUT2D eigenvalue weighted by Gasteiger charge is -2.12. The van der Waals surface area contributed by atoms with Gasteiger partial charge < -0.3 is 25.3 Å². The van der Waals surface area contributed by atoms with Gasteiger partial charge in [-0.05, 0) is 37.6 Å². The van der Waals surface area contributed by atoms with E-state index in [1.165, 1.54) is 0 Å². The van der Waals surface area contributed by atoms with Gasteiger partial charge in [0.25, 0.3) is 0 Å². The van der Waals surface area contributed by atoms with Crippen LogP contribution in [0.3, 0.4) is 0 Å². The molecule has 0 atom stereocenters. The second-order valence-corrected chi connectivity index (χ2v) is 5.33. The van der Waals surface area contributed by atoms with E-state index >= 15 is 0 Å². The molecule has 0 radical (unpaired) electrons. The zero-order valence-electron chi connectivity index (χ0n) is 15.0. The lowest BCUT2D eigenvalue weighted by molar-refractivity contribution is -0.116. The first-order valence-electron chi connectivity index (χ1n) is 8.22. The molecule has 26 heavy (non-hydrogen) atoms. The molecule has 7 heteroatoms. The van der Waals surface area contributed by atoms with Crippen LogP contribution in [0.4, 0.5) is 11.4 Å². The summed E-state index contributed by atoms with van der Waals surface area (Å²) in [5.74, 6) is 1.91. The summed E-state index contributed by atoms with van der Waals surface area (Å²) in [6.45, 7) is 2.92. The first-order valence-corrected chi connectivity index (χ1v) is 8.22. The number of amides is 1. The van der Waals surface area contributed by atoms with Crippen LogP contribution in [0.5, 0.6) is 17.2 Å². The Labute approximate surface area is 160 Å². The van der Waals surface area contributed by atoms with Crippen LogP contribution in [0.15, 0.2) is 42.5 Å². The van der Waals surface area contributed by atoms with Crippen molar-refractivity contribution < 1.29 is 19.0 Å². The van der Waals surface area contributed by atoms with Crippen molar-refractivity contribution in [1.29, 1.82) is 0 Å². The normalized spacial score (nSPS) is 9.77. The van der Waals surface area contributed by atoms with Gasteiger partial charge in [-0.25, -0.2) is 0 Å². The number of rotatable bonds is 9. The minimum absolute atomic E-state index is 0. The molecule has 0 bridgehead atoms. The molecule has 1 amide bonds. The zero-order chi connectivity index (χ0) is 18.1. The van der Waals surface area contributed by atoms with Crippen LogP contribution in [-0.2, 0) is 4.79 Å². The van der Waals surface area contributed by atoms with E-state index in [9.17, 15) is 4.79 Å². The van der Waals surface area contributed by atoms with Gasteiger partial charge in [-0.1, -0.05) is 12.1 Å². The number of hydrogen-bond acceptors (Lipinski definition) is 5. The lowest BCUT2D eigenvalue weighted by Crippen LogP contribution is -2.14. The van der Waals surface area contributed by atoms with Gasteiger partial charge in [-0.2, -0.15) is 0 Å². The minimum atomic E-state index is -0.123. The molecule has 0 aromatic heterocycles.